The van der Waals surface area contributed by atoms with E-state index in [4.69, 9.17) is 9.97 Å². The number of para-hydroxylation sites is 1. The first-order valence-corrected chi connectivity index (χ1v) is 10.8. The molecule has 168 valence electrons. The number of hydrogen-bond donors (Lipinski definition) is 2. The van der Waals surface area contributed by atoms with Gasteiger partial charge in [0.25, 0.3) is 0 Å². The van der Waals surface area contributed by atoms with Gasteiger partial charge in [-0.05, 0) is 31.4 Å². The first kappa shape index (κ1) is 23.4. The average Bonchev–Trinajstić information content (AvgIpc) is 3.49. The van der Waals surface area contributed by atoms with E-state index < -0.39 is 0 Å². The van der Waals surface area contributed by atoms with Gasteiger partial charge in [-0.3, -0.25) is 9.13 Å². The molecule has 0 bridgehead atoms. The molecule has 1 aromatic carbocycles. The highest BCUT2D eigenvalue weighted by Crippen LogP contribution is 2.37. The molecule has 1 aliphatic carbocycles. The third kappa shape index (κ3) is 4.39. The second-order valence-electron chi connectivity index (χ2n) is 8.22. The molecule has 3 heterocycles. The molecule has 31 heavy (non-hydrogen) atoms. The van der Waals surface area contributed by atoms with Crippen LogP contribution in [-0.2, 0) is 13.1 Å². The molecular weight excluding hydrogens is 435 g/mol. The smallest absolute Gasteiger partial charge is 0.331 e. The number of benzene rings is 1. The number of rotatable bonds is 6. The van der Waals surface area contributed by atoms with Crippen LogP contribution in [0.4, 0.5) is 11.5 Å². The summed E-state index contributed by atoms with van der Waals surface area (Å²) in [5, 5.41) is 7.00. The van der Waals surface area contributed by atoms with Crippen molar-refractivity contribution in [2.45, 2.75) is 64.1 Å². The Kier molecular flexibility index (Phi) is 7.49. The van der Waals surface area contributed by atoms with Crippen molar-refractivity contribution in [3.8, 4) is 11.5 Å². The van der Waals surface area contributed by atoms with Gasteiger partial charge >= 0.3 is 5.69 Å². The van der Waals surface area contributed by atoms with Crippen molar-refractivity contribution in [3.05, 3.63) is 46.6 Å². The Morgan fingerprint density at radius 2 is 1.87 bits per heavy atom. The normalized spacial score (nSPS) is 17.6. The molecule has 0 aromatic heterocycles. The van der Waals surface area contributed by atoms with Crippen molar-refractivity contribution < 1.29 is 0 Å². The zero-order chi connectivity index (χ0) is 19.8. The van der Waals surface area contributed by atoms with Crippen LogP contribution in [-0.4, -0.2) is 31.7 Å². The zero-order valence-electron chi connectivity index (χ0n) is 17.7. The third-order valence-corrected chi connectivity index (χ3v) is 6.11. The molecule has 9 heteroatoms. The summed E-state index contributed by atoms with van der Waals surface area (Å²) in [5.74, 6) is 2.93. The van der Waals surface area contributed by atoms with E-state index in [1.807, 2.05) is 27.3 Å². The molecular formula is C22H30Cl2N6O. The van der Waals surface area contributed by atoms with Crippen LogP contribution in [0, 0.1) is 0 Å². The van der Waals surface area contributed by atoms with Gasteiger partial charge in [-0.15, -0.1) is 24.8 Å². The van der Waals surface area contributed by atoms with Crippen LogP contribution in [0.3, 0.4) is 0 Å². The average molecular weight is 465 g/mol. The van der Waals surface area contributed by atoms with E-state index in [0.29, 0.717) is 19.0 Å². The molecule has 1 atom stereocenters. The maximum atomic E-state index is 13.2. The Bertz CT molecular complexity index is 1030. The van der Waals surface area contributed by atoms with Crippen molar-refractivity contribution in [1.29, 1.82) is 0 Å². The monoisotopic (exact) mass is 464 g/mol. The number of hydrogen-bond acceptors (Lipinski definition) is 5. The largest absolute Gasteiger partial charge is 0.383 e. The SMILES string of the molecule is CCCn1c2nc(C3CCCC3)nc-2c2n(c1=O)CC(CNc1ccccc1)N2.Cl.Cl. The molecule has 0 radical (unpaired) electrons. The number of halogens is 2. The lowest BCUT2D eigenvalue weighted by Gasteiger charge is -2.13. The van der Waals surface area contributed by atoms with Gasteiger partial charge in [0.1, 0.15) is 17.3 Å². The predicted molar refractivity (Wildman–Crippen MR) is 129 cm³/mol. The fraction of sp³-hybridized carbons (Fsp3) is 0.500. The van der Waals surface area contributed by atoms with Crippen LogP contribution in [0.1, 0.15) is 50.8 Å². The summed E-state index contributed by atoms with van der Waals surface area (Å²) in [6.07, 6.45) is 5.69. The summed E-state index contributed by atoms with van der Waals surface area (Å²) in [5.41, 5.74) is 1.95. The van der Waals surface area contributed by atoms with Crippen molar-refractivity contribution in [3.63, 3.8) is 0 Å². The van der Waals surface area contributed by atoms with Crippen LogP contribution in [0.25, 0.3) is 11.5 Å². The van der Waals surface area contributed by atoms with Gasteiger partial charge in [0.15, 0.2) is 5.82 Å². The molecule has 3 aliphatic heterocycles. The van der Waals surface area contributed by atoms with Gasteiger partial charge in [0.05, 0.1) is 12.6 Å². The van der Waals surface area contributed by atoms with Gasteiger partial charge in [-0.2, -0.15) is 0 Å². The van der Waals surface area contributed by atoms with Gasteiger partial charge in [-0.25, -0.2) is 14.8 Å². The second kappa shape index (κ2) is 9.92. The first-order chi connectivity index (χ1) is 14.2. The second-order valence-corrected chi connectivity index (χ2v) is 8.22. The highest BCUT2D eigenvalue weighted by Gasteiger charge is 2.33. The first-order valence-electron chi connectivity index (χ1n) is 10.8. The summed E-state index contributed by atoms with van der Waals surface area (Å²) < 4.78 is 3.67. The molecule has 5 rings (SSSR count). The topological polar surface area (TPSA) is 76.8 Å². The molecule has 1 aromatic rings. The van der Waals surface area contributed by atoms with E-state index in [2.05, 4.69) is 29.7 Å². The number of nitrogens with zero attached hydrogens (tertiary/aromatic N) is 4. The van der Waals surface area contributed by atoms with E-state index in [0.717, 1.165) is 54.7 Å². The van der Waals surface area contributed by atoms with Crippen molar-refractivity contribution in [2.75, 3.05) is 17.2 Å². The molecule has 1 fully saturated rings. The van der Waals surface area contributed by atoms with E-state index in [9.17, 15) is 4.79 Å². The Balaban J connectivity index is 0.00000136. The molecule has 0 saturated heterocycles. The van der Waals surface area contributed by atoms with Crippen LogP contribution < -0.4 is 16.3 Å². The minimum Gasteiger partial charge on any atom is -0.383 e. The lowest BCUT2D eigenvalue weighted by Crippen LogP contribution is -2.33. The summed E-state index contributed by atoms with van der Waals surface area (Å²) in [6.45, 7) is 4.14. The van der Waals surface area contributed by atoms with Crippen LogP contribution in [0.15, 0.2) is 35.1 Å². The highest BCUT2D eigenvalue weighted by atomic mass is 35.5. The molecule has 2 N–H and O–H groups in total. The quantitative estimate of drug-likeness (QED) is 0.566. The van der Waals surface area contributed by atoms with Crippen molar-refractivity contribution in [1.82, 2.24) is 19.1 Å². The summed E-state index contributed by atoms with van der Waals surface area (Å²) in [4.78, 5) is 23.0. The highest BCUT2D eigenvalue weighted by molar-refractivity contribution is 5.85. The molecule has 7 nitrogen and oxygen atoms in total. The number of imidazole rings is 1. The molecule has 4 aliphatic rings. The molecule has 1 saturated carbocycles. The lowest BCUT2D eigenvalue weighted by atomic mass is 10.1. The minimum atomic E-state index is 0. The fourth-order valence-electron chi connectivity index (χ4n) is 4.64. The van der Waals surface area contributed by atoms with Crippen molar-refractivity contribution in [2.24, 2.45) is 0 Å². The van der Waals surface area contributed by atoms with Crippen LogP contribution in [0.5, 0.6) is 0 Å². The lowest BCUT2D eigenvalue weighted by molar-refractivity contribution is 0.566. The van der Waals surface area contributed by atoms with E-state index in [1.165, 1.54) is 12.8 Å². The summed E-state index contributed by atoms with van der Waals surface area (Å²) >= 11 is 0. The minimum absolute atomic E-state index is 0. The maximum Gasteiger partial charge on any atom is 0.331 e. The third-order valence-electron chi connectivity index (χ3n) is 6.11. The van der Waals surface area contributed by atoms with E-state index in [1.54, 1.807) is 0 Å². The number of anilines is 2. The predicted octanol–water partition coefficient (Wildman–Crippen LogP) is 4.36. The van der Waals surface area contributed by atoms with Gasteiger partial charge in [0.2, 0.25) is 0 Å². The van der Waals surface area contributed by atoms with Gasteiger partial charge in [0, 0.05) is 24.7 Å². The molecule has 0 spiro atoms. The fourth-order valence-corrected chi connectivity index (χ4v) is 4.64. The zero-order valence-corrected chi connectivity index (χ0v) is 19.3. The molecule has 1 unspecified atom stereocenters. The maximum absolute atomic E-state index is 13.2. The Hall–Kier alpha value is -2.25. The standard InChI is InChI=1S/C22H28N6O.2ClH/c1-2-12-27-21-18(25-19(26-21)15-8-6-7-9-15)20-24-17(14-28(20)22(27)29)13-23-16-10-4-3-5-11-16;;/h3-5,10-11,15,17,23-24H,2,6-9,12-14H2,1H3;2*1H. The number of nitrogens with one attached hydrogen (secondary N) is 2. The van der Waals surface area contributed by atoms with Gasteiger partial charge < -0.3 is 10.6 Å². The van der Waals surface area contributed by atoms with E-state index in [-0.39, 0.29) is 36.5 Å². The molecule has 0 amide bonds. The Morgan fingerprint density at radius 3 is 2.58 bits per heavy atom. The van der Waals surface area contributed by atoms with E-state index >= 15 is 0 Å². The summed E-state index contributed by atoms with van der Waals surface area (Å²) in [7, 11) is 0. The number of aromatic nitrogens is 4. The Labute approximate surface area is 194 Å². The summed E-state index contributed by atoms with van der Waals surface area (Å²) in [6, 6.07) is 10.3. The number of fused-ring (bicyclic) bond motifs is 3. The van der Waals surface area contributed by atoms with Gasteiger partial charge in [-0.1, -0.05) is 38.0 Å². The van der Waals surface area contributed by atoms with Crippen LogP contribution in [0.2, 0.25) is 0 Å². The Morgan fingerprint density at radius 1 is 1.13 bits per heavy atom. The van der Waals surface area contributed by atoms with Crippen molar-refractivity contribution >= 4 is 36.3 Å². The van der Waals surface area contributed by atoms with Crippen LogP contribution >= 0.6 is 24.8 Å².